The highest BCUT2D eigenvalue weighted by atomic mass is 35.5. The number of sulfone groups is 1. The van der Waals surface area contributed by atoms with E-state index in [1.807, 2.05) is 0 Å². The van der Waals surface area contributed by atoms with Crippen molar-refractivity contribution in [1.82, 2.24) is 9.97 Å². The Hall–Kier alpha value is -2.52. The van der Waals surface area contributed by atoms with Gasteiger partial charge in [0.2, 0.25) is 0 Å². The molecule has 28 heavy (non-hydrogen) atoms. The predicted octanol–water partition coefficient (Wildman–Crippen LogP) is 4.89. The number of nitrogens with one attached hydrogen (secondary N) is 1. The first kappa shape index (κ1) is 20.2. The number of rotatable bonds is 5. The molecule has 3 aromatic rings. The summed E-state index contributed by atoms with van der Waals surface area (Å²) in [5.74, 6) is -1.29. The van der Waals surface area contributed by atoms with E-state index in [-0.39, 0.29) is 17.0 Å². The molecule has 0 spiro atoms. The summed E-state index contributed by atoms with van der Waals surface area (Å²) in [6, 6.07) is 7.94. The Balaban J connectivity index is 2.20. The number of nitrogens with zero attached hydrogens (tertiary/aromatic N) is 1. The number of benzene rings is 2. The minimum atomic E-state index is -3.77. The van der Waals surface area contributed by atoms with Crippen molar-refractivity contribution in [2.75, 3.05) is 13.4 Å². The second-order valence-electron chi connectivity index (χ2n) is 5.91. The topological polar surface area (TPSA) is 72.0 Å². The van der Waals surface area contributed by atoms with E-state index in [1.54, 1.807) is 6.07 Å². The molecule has 0 fully saturated rings. The van der Waals surface area contributed by atoms with Gasteiger partial charge in [-0.1, -0.05) is 23.7 Å². The van der Waals surface area contributed by atoms with Gasteiger partial charge >= 0.3 is 0 Å². The van der Waals surface area contributed by atoms with Crippen LogP contribution in [0.1, 0.15) is 12.2 Å². The first-order chi connectivity index (χ1) is 13.1. The molecule has 1 aromatic heterocycles. The Kier molecular flexibility index (Phi) is 5.40. The molecule has 5 nitrogen and oxygen atoms in total. The van der Waals surface area contributed by atoms with E-state index in [9.17, 15) is 21.6 Å². The fourth-order valence-corrected chi connectivity index (χ4v) is 3.60. The van der Waals surface area contributed by atoms with Crippen molar-refractivity contribution in [2.24, 2.45) is 0 Å². The first-order valence-corrected chi connectivity index (χ1v) is 10.1. The Morgan fingerprint density at radius 2 is 1.82 bits per heavy atom. The normalized spacial score (nSPS) is 11.8. The third-order valence-electron chi connectivity index (χ3n) is 3.97. The Morgan fingerprint density at radius 3 is 2.39 bits per heavy atom. The maximum atomic E-state index is 14.3. The van der Waals surface area contributed by atoms with E-state index in [4.69, 9.17) is 16.3 Å². The summed E-state index contributed by atoms with van der Waals surface area (Å²) in [5.41, 5.74) is 0.801. The largest absolute Gasteiger partial charge is 0.495 e. The number of alkyl halides is 2. The molecule has 0 saturated carbocycles. The Bertz CT molecular complexity index is 1150. The van der Waals surface area contributed by atoms with Gasteiger partial charge in [-0.05, 0) is 24.3 Å². The van der Waals surface area contributed by atoms with Crippen LogP contribution in [0.5, 0.6) is 5.75 Å². The van der Waals surface area contributed by atoms with Crippen LogP contribution in [0.25, 0.3) is 22.5 Å². The van der Waals surface area contributed by atoms with Crippen molar-refractivity contribution < 1.29 is 26.3 Å². The molecule has 10 heteroatoms. The summed E-state index contributed by atoms with van der Waals surface area (Å²) in [4.78, 5) is 5.91. The molecule has 1 heterocycles. The first-order valence-electron chi connectivity index (χ1n) is 7.83. The summed E-state index contributed by atoms with van der Waals surface area (Å²) in [7, 11) is -2.37. The zero-order chi connectivity index (χ0) is 20.6. The molecule has 0 aliphatic heterocycles. The van der Waals surface area contributed by atoms with E-state index >= 15 is 0 Å². The van der Waals surface area contributed by atoms with Crippen molar-refractivity contribution >= 4 is 21.4 Å². The van der Waals surface area contributed by atoms with Gasteiger partial charge in [0.05, 0.1) is 23.5 Å². The molecule has 0 aliphatic carbocycles. The number of halogens is 4. The van der Waals surface area contributed by atoms with E-state index in [2.05, 4.69) is 9.97 Å². The molecule has 0 radical (unpaired) electrons. The van der Waals surface area contributed by atoms with Gasteiger partial charge in [0.1, 0.15) is 16.5 Å². The molecule has 0 amide bonds. The predicted molar refractivity (Wildman–Crippen MR) is 99.0 cm³/mol. The van der Waals surface area contributed by atoms with Gasteiger partial charge in [0.15, 0.2) is 15.7 Å². The summed E-state index contributed by atoms with van der Waals surface area (Å²) in [6.45, 7) is 0. The smallest absolute Gasteiger partial charge is 0.295 e. The highest BCUT2D eigenvalue weighted by molar-refractivity contribution is 7.90. The summed E-state index contributed by atoms with van der Waals surface area (Å²) >= 11 is 6.00. The lowest BCUT2D eigenvalue weighted by molar-refractivity contribution is 0.141. The maximum Gasteiger partial charge on any atom is 0.295 e. The van der Waals surface area contributed by atoms with E-state index < -0.39 is 32.8 Å². The van der Waals surface area contributed by atoms with Gasteiger partial charge in [-0.15, -0.1) is 0 Å². The van der Waals surface area contributed by atoms with Gasteiger partial charge in [-0.3, -0.25) is 0 Å². The summed E-state index contributed by atoms with van der Waals surface area (Å²) in [6.07, 6.45) is -2.01. The minimum Gasteiger partial charge on any atom is -0.495 e. The molecule has 1 N–H and O–H groups in total. The van der Waals surface area contributed by atoms with Crippen molar-refractivity contribution in [3.63, 3.8) is 0 Å². The minimum absolute atomic E-state index is 0.0404. The molecular weight excluding hydrogens is 417 g/mol. The summed E-state index contributed by atoms with van der Waals surface area (Å²) < 4.78 is 69.1. The highest BCUT2D eigenvalue weighted by Gasteiger charge is 2.22. The number of H-pyrrole nitrogens is 1. The lowest BCUT2D eigenvalue weighted by Crippen LogP contribution is -2.01. The van der Waals surface area contributed by atoms with Crippen LogP contribution in [0.3, 0.4) is 0 Å². The van der Waals surface area contributed by atoms with Crippen molar-refractivity contribution in [2.45, 2.75) is 11.3 Å². The van der Waals surface area contributed by atoms with Gasteiger partial charge in [-0.25, -0.2) is 26.6 Å². The quantitative estimate of drug-likeness (QED) is 0.625. The molecular formula is C18H14ClF3N2O3S. The van der Waals surface area contributed by atoms with Crippen LogP contribution in [0.15, 0.2) is 41.3 Å². The average molecular weight is 431 g/mol. The second kappa shape index (κ2) is 7.48. The fourth-order valence-electron chi connectivity index (χ4n) is 2.68. The number of imidazole rings is 1. The number of hydrogen-bond donors (Lipinski definition) is 1. The van der Waals surface area contributed by atoms with Crippen molar-refractivity contribution in [1.29, 1.82) is 0 Å². The van der Waals surface area contributed by atoms with Crippen LogP contribution in [-0.4, -0.2) is 31.8 Å². The maximum absolute atomic E-state index is 14.3. The molecule has 3 rings (SSSR count). The van der Waals surface area contributed by atoms with Crippen molar-refractivity contribution in [3.8, 4) is 28.3 Å². The number of aromatic nitrogens is 2. The molecule has 0 unspecified atom stereocenters. The van der Waals surface area contributed by atoms with Crippen LogP contribution in [0.4, 0.5) is 13.2 Å². The van der Waals surface area contributed by atoms with Crippen LogP contribution in [0.2, 0.25) is 5.02 Å². The second-order valence-corrected chi connectivity index (χ2v) is 8.30. The lowest BCUT2D eigenvalue weighted by atomic mass is 10.0. The Labute approximate surface area is 164 Å². The number of ether oxygens (including phenoxy) is 1. The van der Waals surface area contributed by atoms with Gasteiger partial charge in [-0.2, -0.15) is 0 Å². The van der Waals surface area contributed by atoms with E-state index in [0.29, 0.717) is 16.3 Å². The molecule has 0 bridgehead atoms. The van der Waals surface area contributed by atoms with Gasteiger partial charge in [0.25, 0.3) is 6.43 Å². The van der Waals surface area contributed by atoms with E-state index in [1.165, 1.54) is 25.3 Å². The lowest BCUT2D eigenvalue weighted by Gasteiger charge is -2.08. The van der Waals surface area contributed by atoms with Crippen LogP contribution in [0, 0.1) is 5.82 Å². The van der Waals surface area contributed by atoms with Gasteiger partial charge in [0, 0.05) is 17.4 Å². The molecule has 148 valence electrons. The molecule has 0 atom stereocenters. The average Bonchev–Trinajstić information content (AvgIpc) is 3.06. The monoisotopic (exact) mass is 430 g/mol. The Morgan fingerprint density at radius 1 is 1.14 bits per heavy atom. The molecule has 0 aliphatic rings. The van der Waals surface area contributed by atoms with Gasteiger partial charge < -0.3 is 9.72 Å². The molecule has 0 saturated heterocycles. The van der Waals surface area contributed by atoms with E-state index in [0.717, 1.165) is 18.4 Å². The standard InChI is InChI=1S/C18H14ClF3N2O3S/c1-27-13-8-10(3-5-11(13)19)16-15(23-18(24-16)17(21)22)9-4-6-14(12(20)7-9)28(2,25)26/h3-8,17H,1-2H3,(H,23,24). The zero-order valence-corrected chi connectivity index (χ0v) is 16.2. The highest BCUT2D eigenvalue weighted by Crippen LogP contribution is 2.36. The number of hydrogen-bond acceptors (Lipinski definition) is 4. The SMILES string of the molecule is COc1cc(-c2[nH]c(C(F)F)nc2-c2ccc(S(C)(=O)=O)c(F)c2)ccc1Cl. The fraction of sp³-hybridized carbons (Fsp3) is 0.167. The van der Waals surface area contributed by atoms with Crippen LogP contribution in [-0.2, 0) is 9.84 Å². The van der Waals surface area contributed by atoms with Crippen molar-refractivity contribution in [3.05, 3.63) is 53.1 Å². The van der Waals surface area contributed by atoms with Crippen LogP contribution < -0.4 is 4.74 Å². The zero-order valence-electron chi connectivity index (χ0n) is 14.6. The molecule has 2 aromatic carbocycles. The third-order valence-corrected chi connectivity index (χ3v) is 5.42. The summed E-state index contributed by atoms with van der Waals surface area (Å²) in [5, 5.41) is 0.324. The van der Waals surface area contributed by atoms with Crippen LogP contribution >= 0.6 is 11.6 Å². The third kappa shape index (κ3) is 3.85. The number of methoxy groups -OCH3 is 1. The number of aromatic amines is 1.